The maximum Gasteiger partial charge on any atom is 0.236 e. The predicted octanol–water partition coefficient (Wildman–Crippen LogP) is 1.36. The van der Waals surface area contributed by atoms with Crippen LogP contribution in [0.5, 0.6) is 0 Å². The lowest BCUT2D eigenvalue weighted by molar-refractivity contribution is -0.142. The van der Waals surface area contributed by atoms with E-state index in [9.17, 15) is 9.59 Å². The average molecular weight is 272 g/mol. The monoisotopic (exact) mass is 272 g/mol. The molecule has 0 atom stereocenters. The molecule has 0 aliphatic carbocycles. The van der Waals surface area contributed by atoms with Crippen molar-refractivity contribution in [3.63, 3.8) is 0 Å². The lowest BCUT2D eigenvalue weighted by Gasteiger charge is -2.31. The van der Waals surface area contributed by atoms with Crippen molar-refractivity contribution in [2.75, 3.05) is 19.6 Å². The van der Waals surface area contributed by atoms with Crippen LogP contribution < -0.4 is 5.32 Å². The second-order valence-electron chi connectivity index (χ2n) is 5.79. The van der Waals surface area contributed by atoms with Crippen LogP contribution in [-0.2, 0) is 16.0 Å². The van der Waals surface area contributed by atoms with Crippen molar-refractivity contribution in [1.29, 1.82) is 0 Å². The minimum Gasteiger partial charge on any atom is -0.317 e. The highest BCUT2D eigenvalue weighted by atomic mass is 16.2. The molecule has 3 rings (SSSR count). The molecule has 20 heavy (non-hydrogen) atoms. The minimum atomic E-state index is -0.404. The van der Waals surface area contributed by atoms with Crippen LogP contribution in [0.2, 0.25) is 0 Å². The summed E-state index contributed by atoms with van der Waals surface area (Å²) in [7, 11) is 0. The quantitative estimate of drug-likeness (QED) is 0.845. The third-order valence-corrected chi connectivity index (χ3v) is 4.52. The highest BCUT2D eigenvalue weighted by Gasteiger charge is 2.51. The Hall–Kier alpha value is -1.68. The standard InChI is InChI=1S/C16H20N2O2/c19-14-12-16(7-9-17-10-8-16)15(20)18(14)11-6-13-4-2-1-3-5-13/h1-5,17H,6-12H2. The lowest BCUT2D eigenvalue weighted by Crippen LogP contribution is -2.43. The van der Waals surface area contributed by atoms with E-state index < -0.39 is 5.41 Å². The van der Waals surface area contributed by atoms with Crippen LogP contribution >= 0.6 is 0 Å². The second kappa shape index (κ2) is 5.37. The van der Waals surface area contributed by atoms with Crippen LogP contribution in [-0.4, -0.2) is 36.3 Å². The van der Waals surface area contributed by atoms with Gasteiger partial charge in [0.15, 0.2) is 0 Å². The van der Waals surface area contributed by atoms with E-state index in [4.69, 9.17) is 0 Å². The summed E-state index contributed by atoms with van der Waals surface area (Å²) in [6.45, 7) is 2.19. The molecule has 0 radical (unpaired) electrons. The maximum atomic E-state index is 12.6. The molecule has 0 bridgehead atoms. The molecule has 0 aromatic heterocycles. The summed E-state index contributed by atoms with van der Waals surface area (Å²) < 4.78 is 0. The third-order valence-electron chi connectivity index (χ3n) is 4.52. The molecule has 2 saturated heterocycles. The van der Waals surface area contributed by atoms with Gasteiger partial charge >= 0.3 is 0 Å². The molecular formula is C16H20N2O2. The summed E-state index contributed by atoms with van der Waals surface area (Å²) in [4.78, 5) is 26.2. The molecule has 4 nitrogen and oxygen atoms in total. The van der Waals surface area contributed by atoms with E-state index in [0.29, 0.717) is 13.0 Å². The first-order chi connectivity index (χ1) is 9.71. The molecule has 1 aromatic rings. The summed E-state index contributed by atoms with van der Waals surface area (Å²) >= 11 is 0. The van der Waals surface area contributed by atoms with E-state index >= 15 is 0 Å². The van der Waals surface area contributed by atoms with Crippen molar-refractivity contribution in [1.82, 2.24) is 10.2 Å². The number of piperidine rings is 1. The number of nitrogens with one attached hydrogen (secondary N) is 1. The van der Waals surface area contributed by atoms with Gasteiger partial charge in [-0.05, 0) is 37.9 Å². The Kier molecular flexibility index (Phi) is 3.57. The zero-order valence-electron chi connectivity index (χ0n) is 11.6. The Bertz CT molecular complexity index is 506. The smallest absolute Gasteiger partial charge is 0.236 e. The van der Waals surface area contributed by atoms with E-state index in [1.165, 1.54) is 10.5 Å². The molecule has 106 valence electrons. The molecule has 2 amide bonds. The molecule has 2 fully saturated rings. The minimum absolute atomic E-state index is 0.00725. The number of rotatable bonds is 3. The average Bonchev–Trinajstić information content (AvgIpc) is 2.70. The van der Waals surface area contributed by atoms with Gasteiger partial charge in [0.05, 0.1) is 5.41 Å². The largest absolute Gasteiger partial charge is 0.317 e. The molecule has 1 spiro atoms. The van der Waals surface area contributed by atoms with Crippen LogP contribution in [0.15, 0.2) is 30.3 Å². The number of nitrogens with zero attached hydrogens (tertiary/aromatic N) is 1. The molecule has 4 heteroatoms. The summed E-state index contributed by atoms with van der Waals surface area (Å²) in [5.41, 5.74) is 0.762. The molecule has 1 aromatic carbocycles. The molecule has 2 aliphatic heterocycles. The summed E-state index contributed by atoms with van der Waals surface area (Å²) in [6.07, 6.45) is 2.73. The van der Waals surface area contributed by atoms with Gasteiger partial charge in [-0.2, -0.15) is 0 Å². The van der Waals surface area contributed by atoms with E-state index in [2.05, 4.69) is 5.32 Å². The van der Waals surface area contributed by atoms with Crippen LogP contribution in [0, 0.1) is 5.41 Å². The number of benzene rings is 1. The lowest BCUT2D eigenvalue weighted by atomic mass is 9.77. The molecular weight excluding hydrogens is 252 g/mol. The van der Waals surface area contributed by atoms with E-state index in [0.717, 1.165) is 32.4 Å². The van der Waals surface area contributed by atoms with Crippen molar-refractivity contribution in [2.45, 2.75) is 25.7 Å². The zero-order valence-corrected chi connectivity index (χ0v) is 11.6. The van der Waals surface area contributed by atoms with Crippen LogP contribution in [0.3, 0.4) is 0 Å². The number of carbonyl (C=O) groups is 2. The van der Waals surface area contributed by atoms with E-state index in [1.54, 1.807) is 0 Å². The topological polar surface area (TPSA) is 49.4 Å². The van der Waals surface area contributed by atoms with Gasteiger partial charge in [-0.1, -0.05) is 30.3 Å². The second-order valence-corrected chi connectivity index (χ2v) is 5.79. The number of imide groups is 1. The van der Waals surface area contributed by atoms with Gasteiger partial charge in [-0.25, -0.2) is 0 Å². The SMILES string of the molecule is O=C1CC2(CCNCC2)C(=O)N1CCc1ccccc1. The number of likely N-dealkylation sites (tertiary alicyclic amines) is 1. The van der Waals surface area contributed by atoms with Crippen molar-refractivity contribution in [2.24, 2.45) is 5.41 Å². The Labute approximate surface area is 119 Å². The van der Waals surface area contributed by atoms with Gasteiger partial charge in [0.2, 0.25) is 11.8 Å². The number of hydrogen-bond donors (Lipinski definition) is 1. The molecule has 2 heterocycles. The van der Waals surface area contributed by atoms with Crippen LogP contribution in [0.1, 0.15) is 24.8 Å². The third kappa shape index (κ3) is 2.36. The van der Waals surface area contributed by atoms with E-state index in [-0.39, 0.29) is 11.8 Å². The predicted molar refractivity (Wildman–Crippen MR) is 76.0 cm³/mol. The van der Waals surface area contributed by atoms with Crippen molar-refractivity contribution < 1.29 is 9.59 Å². The van der Waals surface area contributed by atoms with Gasteiger partial charge in [0.1, 0.15) is 0 Å². The number of amides is 2. The Balaban J connectivity index is 1.68. The van der Waals surface area contributed by atoms with Crippen molar-refractivity contribution in [3.05, 3.63) is 35.9 Å². The van der Waals surface area contributed by atoms with Gasteiger partial charge in [-0.15, -0.1) is 0 Å². The summed E-state index contributed by atoms with van der Waals surface area (Å²) in [5, 5.41) is 3.26. The van der Waals surface area contributed by atoms with Gasteiger partial charge in [-0.3, -0.25) is 14.5 Å². The van der Waals surface area contributed by atoms with Gasteiger partial charge < -0.3 is 5.32 Å². The summed E-state index contributed by atoms with van der Waals surface area (Å²) in [6, 6.07) is 10.0. The molecule has 1 N–H and O–H groups in total. The normalized spacial score (nSPS) is 21.7. The zero-order chi connectivity index (χ0) is 14.0. The number of hydrogen-bond acceptors (Lipinski definition) is 3. The van der Waals surface area contributed by atoms with Gasteiger partial charge in [0, 0.05) is 13.0 Å². The van der Waals surface area contributed by atoms with Gasteiger partial charge in [0.25, 0.3) is 0 Å². The molecule has 2 aliphatic rings. The Morgan fingerprint density at radius 2 is 1.80 bits per heavy atom. The summed E-state index contributed by atoms with van der Waals surface area (Å²) in [5.74, 6) is 0.0627. The van der Waals surface area contributed by atoms with Crippen molar-refractivity contribution in [3.8, 4) is 0 Å². The van der Waals surface area contributed by atoms with Crippen molar-refractivity contribution >= 4 is 11.8 Å². The van der Waals surface area contributed by atoms with E-state index in [1.807, 2.05) is 30.3 Å². The first-order valence-corrected chi connectivity index (χ1v) is 7.31. The van der Waals surface area contributed by atoms with Crippen LogP contribution in [0.4, 0.5) is 0 Å². The number of carbonyl (C=O) groups excluding carboxylic acids is 2. The maximum absolute atomic E-state index is 12.6. The van der Waals surface area contributed by atoms with Crippen LogP contribution in [0.25, 0.3) is 0 Å². The fourth-order valence-electron chi connectivity index (χ4n) is 3.27. The highest BCUT2D eigenvalue weighted by molar-refractivity contribution is 6.06. The fraction of sp³-hybridized carbons (Fsp3) is 0.500. The molecule has 0 unspecified atom stereocenters. The highest BCUT2D eigenvalue weighted by Crippen LogP contribution is 2.40. The fourth-order valence-corrected chi connectivity index (χ4v) is 3.27. The Morgan fingerprint density at radius 1 is 1.10 bits per heavy atom. The first kappa shape index (κ1) is 13.3. The first-order valence-electron chi connectivity index (χ1n) is 7.31. The molecule has 0 saturated carbocycles. The Morgan fingerprint density at radius 3 is 2.50 bits per heavy atom.